The number of halogens is 1. The normalized spacial score (nSPS) is 18.4. The number of benzene rings is 1. The molecule has 1 amide bonds. The third kappa shape index (κ3) is 4.70. The topological polar surface area (TPSA) is 35.6 Å². The Bertz CT molecular complexity index is 481. The van der Waals surface area contributed by atoms with Crippen LogP contribution in [0, 0.1) is 5.92 Å². The maximum absolute atomic E-state index is 12.2. The highest BCUT2D eigenvalue weighted by atomic mass is 35.5. The van der Waals surface area contributed by atoms with Gasteiger partial charge in [-0.15, -0.1) is 0 Å². The Kier molecular flexibility index (Phi) is 6.24. The van der Waals surface area contributed by atoms with E-state index in [1.165, 1.54) is 0 Å². The molecule has 1 heterocycles. The molecule has 1 fully saturated rings. The fraction of sp³-hybridized carbons (Fsp3) is 0.588. The van der Waals surface area contributed by atoms with Crippen LogP contribution in [0.25, 0.3) is 0 Å². The highest BCUT2D eigenvalue weighted by Gasteiger charge is 2.25. The highest BCUT2D eigenvalue weighted by Crippen LogP contribution is 2.14. The zero-order valence-corrected chi connectivity index (χ0v) is 14.4. The minimum absolute atomic E-state index is 0.0311. The van der Waals surface area contributed by atoms with Gasteiger partial charge in [0.15, 0.2) is 0 Å². The van der Waals surface area contributed by atoms with Crippen LogP contribution in [0.15, 0.2) is 24.3 Å². The molecular weight excluding hydrogens is 298 g/mol. The van der Waals surface area contributed by atoms with E-state index in [1.807, 2.05) is 0 Å². The monoisotopic (exact) mass is 323 g/mol. The van der Waals surface area contributed by atoms with Crippen molar-refractivity contribution in [1.29, 1.82) is 0 Å². The Morgan fingerprint density at radius 3 is 2.32 bits per heavy atom. The molecule has 0 aliphatic carbocycles. The van der Waals surface area contributed by atoms with Gasteiger partial charge in [0, 0.05) is 49.4 Å². The third-order valence-electron chi connectivity index (χ3n) is 4.35. The van der Waals surface area contributed by atoms with E-state index in [0.29, 0.717) is 29.1 Å². The van der Waals surface area contributed by atoms with Crippen LogP contribution in [-0.2, 0) is 0 Å². The molecule has 0 spiro atoms. The van der Waals surface area contributed by atoms with Crippen LogP contribution in [0.4, 0.5) is 0 Å². The molecule has 1 atom stereocenters. The van der Waals surface area contributed by atoms with Crippen molar-refractivity contribution < 1.29 is 4.79 Å². The number of carbonyl (C=O) groups excluding carboxylic acids is 1. The van der Waals surface area contributed by atoms with Crippen LogP contribution in [-0.4, -0.2) is 61.5 Å². The average molecular weight is 324 g/mol. The SMILES string of the molecule is CC(C)C(CNC(=O)c1ccc(Cl)cc1)N1CCN(C)CC1. The van der Waals surface area contributed by atoms with Gasteiger partial charge in [0.2, 0.25) is 0 Å². The molecule has 1 aliphatic rings. The van der Waals surface area contributed by atoms with Gasteiger partial charge >= 0.3 is 0 Å². The molecule has 1 N–H and O–H groups in total. The Balaban J connectivity index is 1.91. The van der Waals surface area contributed by atoms with Gasteiger partial charge in [0.1, 0.15) is 0 Å². The number of rotatable bonds is 5. The predicted octanol–water partition coefficient (Wildman–Crippen LogP) is 2.34. The molecule has 122 valence electrons. The van der Waals surface area contributed by atoms with Crippen LogP contribution in [0.1, 0.15) is 24.2 Å². The van der Waals surface area contributed by atoms with Crippen molar-refractivity contribution in [1.82, 2.24) is 15.1 Å². The number of piperazine rings is 1. The number of nitrogens with zero attached hydrogens (tertiary/aromatic N) is 2. The zero-order chi connectivity index (χ0) is 16.1. The molecule has 1 aromatic carbocycles. The van der Waals surface area contributed by atoms with E-state index in [9.17, 15) is 4.79 Å². The number of carbonyl (C=O) groups is 1. The number of amides is 1. The standard InChI is InChI=1S/C17H26ClN3O/c1-13(2)16(21-10-8-20(3)9-11-21)12-19-17(22)14-4-6-15(18)7-5-14/h4-7,13,16H,8-12H2,1-3H3,(H,19,22). The molecule has 1 aromatic rings. The minimum atomic E-state index is -0.0311. The summed E-state index contributed by atoms with van der Waals surface area (Å²) in [7, 11) is 2.16. The maximum Gasteiger partial charge on any atom is 0.251 e. The lowest BCUT2D eigenvalue weighted by atomic mass is 10.0. The van der Waals surface area contributed by atoms with Gasteiger partial charge in [0.25, 0.3) is 5.91 Å². The highest BCUT2D eigenvalue weighted by molar-refractivity contribution is 6.30. The van der Waals surface area contributed by atoms with E-state index >= 15 is 0 Å². The first-order valence-corrected chi connectivity index (χ1v) is 8.31. The summed E-state index contributed by atoms with van der Waals surface area (Å²) < 4.78 is 0. The van der Waals surface area contributed by atoms with E-state index < -0.39 is 0 Å². The van der Waals surface area contributed by atoms with Crippen LogP contribution < -0.4 is 5.32 Å². The zero-order valence-electron chi connectivity index (χ0n) is 13.7. The van der Waals surface area contributed by atoms with Crippen molar-refractivity contribution in [3.8, 4) is 0 Å². The van der Waals surface area contributed by atoms with E-state index in [2.05, 4.69) is 36.0 Å². The summed E-state index contributed by atoms with van der Waals surface area (Å²) in [6.45, 7) is 9.44. The molecule has 0 aromatic heterocycles. The first-order chi connectivity index (χ1) is 10.5. The Labute approximate surface area is 138 Å². The molecule has 1 unspecified atom stereocenters. The Morgan fingerprint density at radius 1 is 1.18 bits per heavy atom. The molecule has 0 radical (unpaired) electrons. The lowest BCUT2D eigenvalue weighted by molar-refractivity contribution is 0.0791. The van der Waals surface area contributed by atoms with Crippen molar-refractivity contribution in [3.05, 3.63) is 34.9 Å². The van der Waals surface area contributed by atoms with E-state index in [-0.39, 0.29) is 5.91 Å². The number of nitrogens with one attached hydrogen (secondary N) is 1. The van der Waals surface area contributed by atoms with Gasteiger partial charge in [-0.1, -0.05) is 25.4 Å². The van der Waals surface area contributed by atoms with Crippen LogP contribution in [0.5, 0.6) is 0 Å². The third-order valence-corrected chi connectivity index (χ3v) is 4.61. The molecule has 0 bridgehead atoms. The molecule has 22 heavy (non-hydrogen) atoms. The van der Waals surface area contributed by atoms with E-state index in [4.69, 9.17) is 11.6 Å². The van der Waals surface area contributed by atoms with E-state index in [0.717, 1.165) is 26.2 Å². The fourth-order valence-electron chi connectivity index (χ4n) is 2.84. The van der Waals surface area contributed by atoms with Gasteiger partial charge in [-0.05, 0) is 37.2 Å². The molecule has 2 rings (SSSR count). The summed E-state index contributed by atoms with van der Waals surface area (Å²) in [6.07, 6.45) is 0. The lowest BCUT2D eigenvalue weighted by Crippen LogP contribution is -2.54. The number of hydrogen-bond donors (Lipinski definition) is 1. The van der Waals surface area contributed by atoms with Crippen molar-refractivity contribution in [2.24, 2.45) is 5.92 Å². The molecule has 1 saturated heterocycles. The van der Waals surface area contributed by atoms with Crippen LogP contribution in [0.3, 0.4) is 0 Å². The summed E-state index contributed by atoms with van der Waals surface area (Å²) >= 11 is 5.86. The quantitative estimate of drug-likeness (QED) is 0.903. The summed E-state index contributed by atoms with van der Waals surface area (Å²) in [5.41, 5.74) is 0.658. The smallest absolute Gasteiger partial charge is 0.251 e. The number of hydrogen-bond acceptors (Lipinski definition) is 3. The molecule has 4 nitrogen and oxygen atoms in total. The van der Waals surface area contributed by atoms with Gasteiger partial charge in [-0.3, -0.25) is 9.69 Å². The molecule has 0 saturated carbocycles. The van der Waals surface area contributed by atoms with Crippen molar-refractivity contribution in [2.45, 2.75) is 19.9 Å². The maximum atomic E-state index is 12.2. The largest absolute Gasteiger partial charge is 0.350 e. The molecular formula is C17H26ClN3O. The van der Waals surface area contributed by atoms with E-state index in [1.54, 1.807) is 24.3 Å². The lowest BCUT2D eigenvalue weighted by Gasteiger charge is -2.39. The van der Waals surface area contributed by atoms with Crippen molar-refractivity contribution in [3.63, 3.8) is 0 Å². The average Bonchev–Trinajstić information content (AvgIpc) is 2.49. The van der Waals surface area contributed by atoms with Gasteiger partial charge < -0.3 is 10.2 Å². The van der Waals surface area contributed by atoms with Crippen molar-refractivity contribution in [2.75, 3.05) is 39.8 Å². The van der Waals surface area contributed by atoms with Crippen molar-refractivity contribution >= 4 is 17.5 Å². The van der Waals surface area contributed by atoms with Gasteiger partial charge in [-0.25, -0.2) is 0 Å². The van der Waals surface area contributed by atoms with Crippen LogP contribution >= 0.6 is 11.6 Å². The molecule has 1 aliphatic heterocycles. The van der Waals surface area contributed by atoms with Gasteiger partial charge in [-0.2, -0.15) is 0 Å². The second kappa shape index (κ2) is 7.95. The molecule has 5 heteroatoms. The summed E-state index contributed by atoms with van der Waals surface area (Å²) in [5, 5.41) is 3.72. The fourth-order valence-corrected chi connectivity index (χ4v) is 2.97. The van der Waals surface area contributed by atoms with Gasteiger partial charge in [0.05, 0.1) is 0 Å². The second-order valence-electron chi connectivity index (χ2n) is 6.37. The Hall–Kier alpha value is -1.10. The summed E-state index contributed by atoms with van der Waals surface area (Å²) in [6, 6.07) is 7.40. The minimum Gasteiger partial charge on any atom is -0.350 e. The van der Waals surface area contributed by atoms with Crippen LogP contribution in [0.2, 0.25) is 5.02 Å². The second-order valence-corrected chi connectivity index (χ2v) is 6.80. The number of likely N-dealkylation sites (N-methyl/N-ethyl adjacent to an activating group) is 1. The summed E-state index contributed by atoms with van der Waals surface area (Å²) in [4.78, 5) is 17.1. The summed E-state index contributed by atoms with van der Waals surface area (Å²) in [5.74, 6) is 0.477. The first kappa shape index (κ1) is 17.3. The predicted molar refractivity (Wildman–Crippen MR) is 91.5 cm³/mol. The first-order valence-electron chi connectivity index (χ1n) is 7.93. The Morgan fingerprint density at radius 2 is 1.77 bits per heavy atom.